The van der Waals surface area contributed by atoms with Gasteiger partial charge >= 0.3 is 0 Å². The molecule has 5 heteroatoms. The molecule has 1 aromatic rings. The Hall–Kier alpha value is -1.59. The van der Waals surface area contributed by atoms with Crippen molar-refractivity contribution < 1.29 is 0 Å². The molecule has 0 radical (unpaired) electrons. The molecule has 0 aromatic carbocycles. The second kappa shape index (κ2) is 3.88. The van der Waals surface area contributed by atoms with Gasteiger partial charge in [-0.2, -0.15) is 10.5 Å². The molecule has 66 valence electrons. The van der Waals surface area contributed by atoms with Crippen molar-refractivity contribution in [3.8, 4) is 12.1 Å². The number of nitrogen functional groups attached to an aromatic ring is 1. The molecule has 0 fully saturated rings. The highest BCUT2D eigenvalue weighted by atomic mass is 32.2. The standard InChI is InChI=1S/C8H8N4S/c1-2-13-8-6(4-10)5(3-9)7(11)12-8/h12H,2,11H2,1H3. The molecule has 13 heavy (non-hydrogen) atoms. The fourth-order valence-corrected chi connectivity index (χ4v) is 1.73. The van der Waals surface area contributed by atoms with Gasteiger partial charge in [0.25, 0.3) is 0 Å². The maximum atomic E-state index is 8.78. The van der Waals surface area contributed by atoms with Crippen LogP contribution >= 0.6 is 11.8 Å². The van der Waals surface area contributed by atoms with E-state index in [0.29, 0.717) is 10.6 Å². The molecule has 0 aliphatic rings. The van der Waals surface area contributed by atoms with Gasteiger partial charge in [0.15, 0.2) is 0 Å². The highest BCUT2D eigenvalue weighted by molar-refractivity contribution is 7.99. The Labute approximate surface area is 80.3 Å². The third-order valence-corrected chi connectivity index (χ3v) is 2.39. The van der Waals surface area contributed by atoms with Crippen molar-refractivity contribution in [2.75, 3.05) is 11.5 Å². The Morgan fingerprint density at radius 2 is 2.00 bits per heavy atom. The minimum Gasteiger partial charge on any atom is -0.384 e. The van der Waals surface area contributed by atoms with Crippen LogP contribution in [0.4, 0.5) is 5.82 Å². The summed E-state index contributed by atoms with van der Waals surface area (Å²) in [6, 6.07) is 3.87. The molecule has 0 saturated carbocycles. The molecule has 0 aliphatic carbocycles. The monoisotopic (exact) mass is 192 g/mol. The normalized spacial score (nSPS) is 9.15. The van der Waals surface area contributed by atoms with Crippen LogP contribution in [0.2, 0.25) is 0 Å². The maximum absolute atomic E-state index is 8.78. The summed E-state index contributed by atoms with van der Waals surface area (Å²) < 4.78 is 0. The zero-order valence-corrected chi connectivity index (χ0v) is 7.90. The third kappa shape index (κ3) is 1.61. The van der Waals surface area contributed by atoms with Crippen LogP contribution < -0.4 is 5.73 Å². The summed E-state index contributed by atoms with van der Waals surface area (Å²) in [7, 11) is 0. The number of aromatic nitrogens is 1. The largest absolute Gasteiger partial charge is 0.384 e. The first-order chi connectivity index (χ1) is 6.24. The second-order valence-corrected chi connectivity index (χ2v) is 3.55. The molecule has 0 saturated heterocycles. The Bertz CT molecular complexity index is 394. The van der Waals surface area contributed by atoms with Crippen LogP contribution in [-0.4, -0.2) is 10.7 Å². The SMILES string of the molecule is CCSc1[nH]c(N)c(C#N)c1C#N. The first-order valence-corrected chi connectivity index (χ1v) is 4.67. The van der Waals surface area contributed by atoms with Crippen LogP contribution in [0.15, 0.2) is 5.03 Å². The van der Waals surface area contributed by atoms with Crippen molar-refractivity contribution in [1.82, 2.24) is 4.98 Å². The zero-order chi connectivity index (χ0) is 9.84. The lowest BCUT2D eigenvalue weighted by atomic mass is 10.2. The molecule has 0 unspecified atom stereocenters. The number of thioether (sulfide) groups is 1. The molecule has 0 aliphatic heterocycles. The fourth-order valence-electron chi connectivity index (χ4n) is 0.971. The Morgan fingerprint density at radius 3 is 2.46 bits per heavy atom. The van der Waals surface area contributed by atoms with E-state index in [1.165, 1.54) is 11.8 Å². The van der Waals surface area contributed by atoms with Gasteiger partial charge < -0.3 is 10.7 Å². The fraction of sp³-hybridized carbons (Fsp3) is 0.250. The molecular formula is C8H8N4S. The van der Waals surface area contributed by atoms with Gasteiger partial charge in [-0.25, -0.2) is 0 Å². The van der Waals surface area contributed by atoms with Crippen molar-refractivity contribution in [1.29, 1.82) is 10.5 Å². The van der Waals surface area contributed by atoms with Crippen molar-refractivity contribution in [3.05, 3.63) is 11.1 Å². The molecule has 3 N–H and O–H groups in total. The molecule has 0 spiro atoms. The number of hydrogen-bond acceptors (Lipinski definition) is 4. The van der Waals surface area contributed by atoms with Crippen LogP contribution in [0.1, 0.15) is 18.1 Å². The number of H-pyrrole nitrogens is 1. The minimum absolute atomic E-state index is 0.249. The first-order valence-electron chi connectivity index (χ1n) is 3.69. The smallest absolute Gasteiger partial charge is 0.121 e. The maximum Gasteiger partial charge on any atom is 0.121 e. The summed E-state index contributed by atoms with van der Waals surface area (Å²) in [5.74, 6) is 1.11. The van der Waals surface area contributed by atoms with Crippen molar-refractivity contribution in [2.24, 2.45) is 0 Å². The average molecular weight is 192 g/mol. The zero-order valence-electron chi connectivity index (χ0n) is 7.09. The minimum atomic E-state index is 0.249. The Balaban J connectivity index is 3.26. The van der Waals surface area contributed by atoms with E-state index < -0.39 is 0 Å². The number of anilines is 1. The number of rotatable bonds is 2. The third-order valence-electron chi connectivity index (χ3n) is 1.51. The van der Waals surface area contributed by atoms with Crippen LogP contribution in [0, 0.1) is 22.7 Å². The van der Waals surface area contributed by atoms with Crippen LogP contribution in [-0.2, 0) is 0 Å². The van der Waals surface area contributed by atoms with E-state index in [9.17, 15) is 0 Å². The van der Waals surface area contributed by atoms with E-state index in [-0.39, 0.29) is 11.4 Å². The lowest BCUT2D eigenvalue weighted by Crippen LogP contribution is -1.87. The van der Waals surface area contributed by atoms with Gasteiger partial charge in [0.2, 0.25) is 0 Å². The van der Waals surface area contributed by atoms with E-state index in [1.54, 1.807) is 0 Å². The molecule has 4 nitrogen and oxygen atoms in total. The summed E-state index contributed by atoms with van der Waals surface area (Å²) in [6.45, 7) is 1.97. The number of nitrogens with two attached hydrogens (primary N) is 1. The average Bonchev–Trinajstić information content (AvgIpc) is 2.41. The van der Waals surface area contributed by atoms with Crippen LogP contribution in [0.3, 0.4) is 0 Å². The highest BCUT2D eigenvalue weighted by Gasteiger charge is 2.14. The van der Waals surface area contributed by atoms with Gasteiger partial charge in [0.05, 0.1) is 5.03 Å². The highest BCUT2D eigenvalue weighted by Crippen LogP contribution is 2.27. The van der Waals surface area contributed by atoms with E-state index in [4.69, 9.17) is 16.3 Å². The lowest BCUT2D eigenvalue weighted by Gasteiger charge is -1.92. The first kappa shape index (κ1) is 9.50. The van der Waals surface area contributed by atoms with Gasteiger partial charge in [0.1, 0.15) is 29.1 Å². The lowest BCUT2D eigenvalue weighted by molar-refractivity contribution is 1.19. The van der Waals surface area contributed by atoms with E-state index in [2.05, 4.69) is 4.98 Å². The van der Waals surface area contributed by atoms with Gasteiger partial charge in [-0.05, 0) is 5.75 Å². The predicted molar refractivity (Wildman–Crippen MR) is 51.0 cm³/mol. The summed E-state index contributed by atoms with van der Waals surface area (Å²) in [5, 5.41) is 18.2. The van der Waals surface area contributed by atoms with Crippen molar-refractivity contribution >= 4 is 17.6 Å². The van der Waals surface area contributed by atoms with Crippen LogP contribution in [0.5, 0.6) is 0 Å². The number of nitrogens with one attached hydrogen (secondary N) is 1. The number of aromatic amines is 1. The summed E-state index contributed by atoms with van der Waals surface area (Å²) in [4.78, 5) is 2.81. The van der Waals surface area contributed by atoms with Crippen LogP contribution in [0.25, 0.3) is 0 Å². The number of nitrogens with zero attached hydrogens (tertiary/aromatic N) is 2. The molecule has 1 aromatic heterocycles. The number of hydrogen-bond donors (Lipinski definition) is 2. The predicted octanol–water partition coefficient (Wildman–Crippen LogP) is 1.45. The second-order valence-electron chi connectivity index (χ2n) is 2.27. The summed E-state index contributed by atoms with van der Waals surface area (Å²) in [6.07, 6.45) is 0. The Kier molecular flexibility index (Phi) is 2.84. The van der Waals surface area contributed by atoms with Gasteiger partial charge in [-0.1, -0.05) is 6.92 Å². The van der Waals surface area contributed by atoms with Gasteiger partial charge in [0, 0.05) is 0 Å². The van der Waals surface area contributed by atoms with E-state index in [0.717, 1.165) is 5.75 Å². The Morgan fingerprint density at radius 1 is 1.38 bits per heavy atom. The topological polar surface area (TPSA) is 89.4 Å². The quantitative estimate of drug-likeness (QED) is 0.694. The van der Waals surface area contributed by atoms with E-state index >= 15 is 0 Å². The summed E-state index contributed by atoms with van der Waals surface area (Å²) in [5.41, 5.74) is 6.12. The number of nitriles is 2. The summed E-state index contributed by atoms with van der Waals surface area (Å²) >= 11 is 1.47. The molecule has 0 amide bonds. The molecule has 1 rings (SSSR count). The van der Waals surface area contributed by atoms with Gasteiger partial charge in [-0.15, -0.1) is 11.8 Å². The van der Waals surface area contributed by atoms with E-state index in [1.807, 2.05) is 19.1 Å². The molecule has 0 atom stereocenters. The van der Waals surface area contributed by atoms with Gasteiger partial charge in [-0.3, -0.25) is 0 Å². The molecule has 1 heterocycles. The molecular weight excluding hydrogens is 184 g/mol. The molecule has 0 bridgehead atoms. The van der Waals surface area contributed by atoms with Crippen molar-refractivity contribution in [2.45, 2.75) is 11.9 Å². The van der Waals surface area contributed by atoms with Crippen molar-refractivity contribution in [3.63, 3.8) is 0 Å².